The molecule has 0 aromatic heterocycles. The molecule has 8 nitrogen and oxygen atoms in total. The van der Waals surface area contributed by atoms with Crippen molar-refractivity contribution < 1.29 is 14.4 Å². The molecular weight excluding hydrogens is 526 g/mol. The van der Waals surface area contributed by atoms with E-state index in [4.69, 9.17) is 17.3 Å². The van der Waals surface area contributed by atoms with Crippen LogP contribution < -0.4 is 11.1 Å². The Labute approximate surface area is 244 Å². The van der Waals surface area contributed by atoms with Gasteiger partial charge in [-0.3, -0.25) is 19.3 Å². The number of rotatable bonds is 7. The van der Waals surface area contributed by atoms with E-state index in [0.29, 0.717) is 56.4 Å². The summed E-state index contributed by atoms with van der Waals surface area (Å²) in [6.07, 6.45) is 7.52. The van der Waals surface area contributed by atoms with E-state index in [9.17, 15) is 14.4 Å². The van der Waals surface area contributed by atoms with Gasteiger partial charge < -0.3 is 20.9 Å². The minimum atomic E-state index is -0.538. The lowest BCUT2D eigenvalue weighted by Gasteiger charge is -2.49. The summed E-state index contributed by atoms with van der Waals surface area (Å²) in [6.45, 7) is 9.02. The maximum Gasteiger partial charge on any atom is 0.240 e. The van der Waals surface area contributed by atoms with Crippen molar-refractivity contribution in [3.8, 4) is 0 Å². The molecule has 4 rings (SSSR count). The number of likely N-dealkylation sites (N-methyl/N-ethyl adjacent to an activating group) is 1. The molecule has 0 radical (unpaired) electrons. The molecule has 3 fully saturated rings. The Hall–Kier alpha value is -2.16. The second-order valence-electron chi connectivity index (χ2n) is 13.3. The van der Waals surface area contributed by atoms with Crippen LogP contribution in [0.15, 0.2) is 24.3 Å². The van der Waals surface area contributed by atoms with Crippen LogP contribution in [0.1, 0.15) is 71.3 Å². The number of nitrogens with one attached hydrogen (secondary N) is 1. The van der Waals surface area contributed by atoms with Crippen LogP contribution >= 0.6 is 11.6 Å². The molecule has 3 amide bonds. The van der Waals surface area contributed by atoms with E-state index in [0.717, 1.165) is 24.9 Å². The molecule has 0 unspecified atom stereocenters. The Bertz CT molecular complexity index is 1040. The highest BCUT2D eigenvalue weighted by molar-refractivity contribution is 6.30. The number of hydrogen-bond donors (Lipinski definition) is 2. The summed E-state index contributed by atoms with van der Waals surface area (Å²) in [5, 5.41) is 3.93. The summed E-state index contributed by atoms with van der Waals surface area (Å²) in [5.74, 6) is 0.0978. The number of benzene rings is 1. The maximum atomic E-state index is 14.3. The Kier molecular flexibility index (Phi) is 9.84. The third kappa shape index (κ3) is 7.18. The van der Waals surface area contributed by atoms with Gasteiger partial charge >= 0.3 is 0 Å². The number of amides is 3. The van der Waals surface area contributed by atoms with Crippen LogP contribution in [-0.2, 0) is 20.8 Å². The highest BCUT2D eigenvalue weighted by Crippen LogP contribution is 2.46. The zero-order valence-corrected chi connectivity index (χ0v) is 25.5. The number of primary amides is 1. The zero-order valence-electron chi connectivity index (χ0n) is 24.8. The first-order chi connectivity index (χ1) is 18.9. The van der Waals surface area contributed by atoms with Gasteiger partial charge in [-0.2, -0.15) is 0 Å². The second kappa shape index (κ2) is 12.8. The molecule has 40 heavy (non-hydrogen) atoms. The van der Waals surface area contributed by atoms with E-state index in [1.165, 1.54) is 19.3 Å². The number of carbonyl (C=O) groups excluding carboxylic acids is 3. The molecule has 1 aromatic rings. The molecule has 3 N–H and O–H groups in total. The predicted octanol–water partition coefficient (Wildman–Crippen LogP) is 3.46. The average molecular weight is 574 g/mol. The highest BCUT2D eigenvalue weighted by Gasteiger charge is 2.49. The lowest BCUT2D eigenvalue weighted by atomic mass is 9.63. The van der Waals surface area contributed by atoms with E-state index in [2.05, 4.69) is 10.2 Å². The van der Waals surface area contributed by atoms with Crippen LogP contribution in [0, 0.1) is 11.3 Å². The number of nitrogens with two attached hydrogens (primary N) is 1. The Morgan fingerprint density at radius 2 is 1.65 bits per heavy atom. The molecule has 2 aliphatic heterocycles. The van der Waals surface area contributed by atoms with Crippen molar-refractivity contribution in [2.45, 2.75) is 89.8 Å². The molecule has 2 saturated heterocycles. The van der Waals surface area contributed by atoms with Crippen molar-refractivity contribution in [2.75, 3.05) is 39.8 Å². The van der Waals surface area contributed by atoms with Crippen molar-refractivity contribution >= 4 is 29.3 Å². The first-order valence-corrected chi connectivity index (χ1v) is 15.4. The van der Waals surface area contributed by atoms with Crippen LogP contribution in [0.25, 0.3) is 0 Å². The summed E-state index contributed by atoms with van der Waals surface area (Å²) >= 11 is 6.13. The largest absolute Gasteiger partial charge is 0.368 e. The Morgan fingerprint density at radius 3 is 2.23 bits per heavy atom. The van der Waals surface area contributed by atoms with Crippen molar-refractivity contribution in [1.82, 2.24) is 20.0 Å². The Morgan fingerprint density at radius 1 is 1.02 bits per heavy atom. The van der Waals surface area contributed by atoms with Gasteiger partial charge in [0.05, 0.1) is 11.5 Å². The second-order valence-corrected chi connectivity index (χ2v) is 13.7. The number of likely N-dealkylation sites (tertiary alicyclic amines) is 1. The van der Waals surface area contributed by atoms with Crippen LogP contribution in [-0.4, -0.2) is 89.8 Å². The standard InChI is InChI=1S/C31H48ClN5O3/c1-30(2,3)34-29(40)31(23-8-6-5-7-9-23)14-16-36(17-15-31)28(39)25(20-22-10-12-24(32)13-11-22)37-19-18-35(4)21-26(37)27(33)38/h10-13,23,25-26H,5-9,14-21H2,1-4H3,(H2,33,38)(H,34,40)/t25-,26+/m1/s1. The number of nitrogens with zero attached hydrogens (tertiary/aromatic N) is 3. The monoisotopic (exact) mass is 573 g/mol. The fraction of sp³-hybridized carbons (Fsp3) is 0.710. The first-order valence-electron chi connectivity index (χ1n) is 15.0. The van der Waals surface area contributed by atoms with Gasteiger partial charge in [0, 0.05) is 43.3 Å². The van der Waals surface area contributed by atoms with Crippen LogP contribution in [0.2, 0.25) is 5.02 Å². The van der Waals surface area contributed by atoms with Gasteiger partial charge in [0.25, 0.3) is 0 Å². The van der Waals surface area contributed by atoms with Crippen LogP contribution in [0.5, 0.6) is 0 Å². The quantitative estimate of drug-likeness (QED) is 0.520. The molecular formula is C31H48ClN5O3. The summed E-state index contributed by atoms with van der Waals surface area (Å²) in [4.78, 5) is 46.7. The number of hydrogen-bond acceptors (Lipinski definition) is 5. The number of piperidine rings is 1. The van der Waals surface area contributed by atoms with Gasteiger partial charge in [0.2, 0.25) is 17.7 Å². The van der Waals surface area contributed by atoms with E-state index in [1.54, 1.807) is 0 Å². The summed E-state index contributed by atoms with van der Waals surface area (Å²) in [5.41, 5.74) is 6.10. The zero-order chi connectivity index (χ0) is 29.1. The molecule has 2 atom stereocenters. The maximum absolute atomic E-state index is 14.3. The van der Waals surface area contributed by atoms with Crippen LogP contribution in [0.4, 0.5) is 0 Å². The van der Waals surface area contributed by atoms with Gasteiger partial charge in [-0.05, 0) is 83.5 Å². The SMILES string of the molecule is CN1CCN([C@H](Cc2ccc(Cl)cc2)C(=O)N2CCC(C(=O)NC(C)(C)C)(C3CCCCC3)CC2)[C@H](C(N)=O)C1. The molecule has 0 bridgehead atoms. The first kappa shape index (κ1) is 30.8. The molecule has 0 spiro atoms. The molecule has 2 heterocycles. The molecule has 1 aromatic carbocycles. The van der Waals surface area contributed by atoms with Crippen molar-refractivity contribution in [3.05, 3.63) is 34.9 Å². The minimum Gasteiger partial charge on any atom is -0.368 e. The lowest BCUT2D eigenvalue weighted by molar-refractivity contribution is -0.150. The predicted molar refractivity (Wildman–Crippen MR) is 159 cm³/mol. The summed E-state index contributed by atoms with van der Waals surface area (Å²) in [7, 11) is 1.97. The molecule has 3 aliphatic rings. The smallest absolute Gasteiger partial charge is 0.240 e. The number of halogens is 1. The molecule has 1 aliphatic carbocycles. The average Bonchev–Trinajstić information content (AvgIpc) is 2.92. The van der Waals surface area contributed by atoms with E-state index < -0.39 is 23.4 Å². The van der Waals surface area contributed by atoms with E-state index >= 15 is 0 Å². The van der Waals surface area contributed by atoms with E-state index in [1.807, 2.05) is 61.9 Å². The van der Waals surface area contributed by atoms with Crippen molar-refractivity contribution in [1.29, 1.82) is 0 Å². The summed E-state index contributed by atoms with van der Waals surface area (Å²) < 4.78 is 0. The third-order valence-electron chi connectivity index (χ3n) is 9.28. The topological polar surface area (TPSA) is 99.0 Å². The summed E-state index contributed by atoms with van der Waals surface area (Å²) in [6, 6.07) is 6.50. The van der Waals surface area contributed by atoms with Crippen molar-refractivity contribution in [3.63, 3.8) is 0 Å². The third-order valence-corrected chi connectivity index (χ3v) is 9.53. The van der Waals surface area contributed by atoms with Gasteiger partial charge in [-0.25, -0.2) is 0 Å². The lowest BCUT2D eigenvalue weighted by Crippen LogP contribution is -2.64. The minimum absolute atomic E-state index is 0.0132. The van der Waals surface area contributed by atoms with Crippen LogP contribution in [0.3, 0.4) is 0 Å². The molecule has 222 valence electrons. The fourth-order valence-corrected chi connectivity index (χ4v) is 7.15. The fourth-order valence-electron chi connectivity index (χ4n) is 7.03. The number of carbonyl (C=O) groups is 3. The Balaban J connectivity index is 1.57. The van der Waals surface area contributed by atoms with Gasteiger partial charge in [-0.1, -0.05) is 43.0 Å². The highest BCUT2D eigenvalue weighted by atomic mass is 35.5. The van der Waals surface area contributed by atoms with Crippen molar-refractivity contribution in [2.24, 2.45) is 17.1 Å². The molecule has 9 heteroatoms. The van der Waals surface area contributed by atoms with E-state index in [-0.39, 0.29) is 17.4 Å². The molecule has 1 saturated carbocycles. The van der Waals surface area contributed by atoms with Gasteiger partial charge in [-0.15, -0.1) is 0 Å². The van der Waals surface area contributed by atoms with Gasteiger partial charge in [0.15, 0.2) is 0 Å². The van der Waals surface area contributed by atoms with Gasteiger partial charge in [0.1, 0.15) is 6.04 Å². The number of piperazine rings is 1. The normalized spacial score (nSPS) is 23.9.